The van der Waals surface area contributed by atoms with Gasteiger partial charge in [-0.1, -0.05) is 0 Å². The molecule has 0 nitrogen and oxygen atoms in total. The van der Waals surface area contributed by atoms with Crippen LogP contribution >= 0.6 is 34.9 Å². The van der Waals surface area contributed by atoms with Crippen LogP contribution in [0.25, 0.3) is 8.27 Å². The Labute approximate surface area is 71.5 Å². The summed E-state index contributed by atoms with van der Waals surface area (Å²) in [4.78, 5) is 2.25. The van der Waals surface area contributed by atoms with Gasteiger partial charge in [0.2, 0.25) is 0 Å². The summed E-state index contributed by atoms with van der Waals surface area (Å²) >= 11 is 9.15. The Morgan fingerprint density at radius 2 is 2.33 bits per heavy atom. The van der Waals surface area contributed by atoms with Gasteiger partial charge < -0.3 is 0 Å². The van der Waals surface area contributed by atoms with Crippen LogP contribution in [-0.2, 0) is 0 Å². The summed E-state index contributed by atoms with van der Waals surface area (Å²) in [7, 11) is 0. The van der Waals surface area contributed by atoms with Crippen LogP contribution in [0.5, 0.6) is 0 Å². The quantitative estimate of drug-likeness (QED) is 0.501. The van der Waals surface area contributed by atoms with Crippen LogP contribution in [0, 0.1) is 3.14 Å². The van der Waals surface area contributed by atoms with Crippen molar-refractivity contribution in [1.82, 2.24) is 0 Å². The molecule has 2 aromatic heterocycles. The summed E-state index contributed by atoms with van der Waals surface area (Å²) in [6.45, 7) is 0. The summed E-state index contributed by atoms with van der Waals surface area (Å²) in [5.74, 6) is 0. The monoisotopic (exact) mass is 238 g/mol. The second kappa shape index (κ2) is 2.29. The van der Waals surface area contributed by atoms with Crippen LogP contribution in [0.15, 0.2) is 11.0 Å². The molecule has 0 N–H and O–H groups in total. The van der Waals surface area contributed by atoms with Crippen LogP contribution in [-0.4, -0.2) is 14.5 Å². The molecule has 2 rings (SSSR count). The van der Waals surface area contributed by atoms with E-state index in [4.69, 9.17) is 12.2 Å². The average Bonchev–Trinajstić information content (AvgIpc) is 2.22. The first-order valence-electron chi connectivity index (χ1n) is 2.33. The summed E-state index contributed by atoms with van der Waals surface area (Å²) in [5.41, 5.74) is 0. The molecule has 0 aliphatic carbocycles. The molecule has 0 unspecified atom stereocenters. The minimum atomic E-state index is 0.605. The van der Waals surface area contributed by atoms with Crippen LogP contribution in [0.4, 0.5) is 0 Å². The van der Waals surface area contributed by atoms with Gasteiger partial charge in [-0.15, -0.1) is 0 Å². The third kappa shape index (κ3) is 1.06. The van der Waals surface area contributed by atoms with Crippen LogP contribution in [0.2, 0.25) is 0 Å². The molecule has 0 aromatic carbocycles. The van der Waals surface area contributed by atoms with Gasteiger partial charge >= 0.3 is 71.8 Å². The molecule has 0 amide bonds. The zero-order chi connectivity index (χ0) is 6.27. The van der Waals surface area contributed by atoms with Crippen molar-refractivity contribution in [2.75, 3.05) is 0 Å². The molecule has 9 heavy (non-hydrogen) atoms. The normalized spacial score (nSPS) is 10.7. The standard InChI is InChI=1S/C5H2S3Se/c6-5-7-3-1-2-9-4(3)8-5/h1-2H. The molecule has 2 heterocycles. The fourth-order valence-corrected chi connectivity index (χ4v) is 6.45. The van der Waals surface area contributed by atoms with Gasteiger partial charge in [0.1, 0.15) is 0 Å². The molecule has 0 atom stereocenters. The molecule has 2 aromatic rings. The van der Waals surface area contributed by atoms with E-state index in [1.807, 2.05) is 0 Å². The van der Waals surface area contributed by atoms with E-state index in [-0.39, 0.29) is 0 Å². The first-order valence-corrected chi connectivity index (χ1v) is 6.22. The zero-order valence-electron chi connectivity index (χ0n) is 4.29. The molecule has 0 aliphatic rings. The SMILES string of the molecule is S=c1sc2cc[se]c2s1. The van der Waals surface area contributed by atoms with Gasteiger partial charge in [0.25, 0.3) is 0 Å². The van der Waals surface area contributed by atoms with Gasteiger partial charge in [0.05, 0.1) is 0 Å². The number of hydrogen-bond acceptors (Lipinski definition) is 3. The van der Waals surface area contributed by atoms with Gasteiger partial charge in [-0.25, -0.2) is 0 Å². The first kappa shape index (κ1) is 6.25. The molecule has 0 bridgehead atoms. The Hall–Kier alpha value is 0.529. The third-order valence-corrected chi connectivity index (χ3v) is 6.19. The van der Waals surface area contributed by atoms with Crippen molar-refractivity contribution in [3.8, 4) is 0 Å². The van der Waals surface area contributed by atoms with E-state index in [0.29, 0.717) is 14.5 Å². The van der Waals surface area contributed by atoms with Crippen LogP contribution in [0.3, 0.4) is 0 Å². The molecular formula is C5H2S3Se. The van der Waals surface area contributed by atoms with Gasteiger partial charge in [-0.3, -0.25) is 0 Å². The van der Waals surface area contributed by atoms with E-state index in [9.17, 15) is 0 Å². The molecule has 0 spiro atoms. The van der Waals surface area contributed by atoms with Crippen molar-refractivity contribution in [2.45, 2.75) is 0 Å². The van der Waals surface area contributed by atoms with Crippen molar-refractivity contribution in [3.05, 3.63) is 14.1 Å². The van der Waals surface area contributed by atoms with Crippen molar-refractivity contribution in [3.63, 3.8) is 0 Å². The van der Waals surface area contributed by atoms with E-state index in [2.05, 4.69) is 11.0 Å². The van der Waals surface area contributed by atoms with Crippen molar-refractivity contribution in [1.29, 1.82) is 0 Å². The fourth-order valence-electron chi connectivity index (χ4n) is 0.620. The van der Waals surface area contributed by atoms with Crippen molar-refractivity contribution in [2.24, 2.45) is 0 Å². The fraction of sp³-hybridized carbons (Fsp3) is 0. The van der Waals surface area contributed by atoms with E-state index in [1.54, 1.807) is 22.7 Å². The number of hydrogen-bond donors (Lipinski definition) is 0. The molecule has 4 heteroatoms. The minimum absolute atomic E-state index is 0.605. The first-order chi connectivity index (χ1) is 4.36. The summed E-state index contributed by atoms with van der Waals surface area (Å²) in [6.07, 6.45) is 0. The molecule has 0 aliphatic heterocycles. The van der Waals surface area contributed by atoms with Gasteiger partial charge in [0.15, 0.2) is 0 Å². The predicted octanol–water partition coefficient (Wildman–Crippen LogP) is 2.75. The van der Waals surface area contributed by atoms with Crippen molar-refractivity contribution < 1.29 is 0 Å². The zero-order valence-corrected chi connectivity index (χ0v) is 8.45. The topological polar surface area (TPSA) is 0 Å². The van der Waals surface area contributed by atoms with Gasteiger partial charge in [0, 0.05) is 0 Å². The molecular weight excluding hydrogens is 235 g/mol. The van der Waals surface area contributed by atoms with Gasteiger partial charge in [-0.2, -0.15) is 0 Å². The maximum absolute atomic E-state index is 5.03. The van der Waals surface area contributed by atoms with Crippen molar-refractivity contribution >= 4 is 57.7 Å². The van der Waals surface area contributed by atoms with E-state index < -0.39 is 0 Å². The summed E-state index contributed by atoms with van der Waals surface area (Å²) in [5, 5.41) is 0. The Morgan fingerprint density at radius 3 is 3.11 bits per heavy atom. The second-order valence-electron chi connectivity index (χ2n) is 1.53. The number of fused-ring (bicyclic) bond motifs is 1. The Morgan fingerprint density at radius 1 is 1.44 bits per heavy atom. The average molecular weight is 237 g/mol. The Bertz CT molecular complexity index is 335. The number of rotatable bonds is 0. The molecule has 0 saturated carbocycles. The van der Waals surface area contributed by atoms with E-state index in [0.717, 1.165) is 3.14 Å². The van der Waals surface area contributed by atoms with E-state index in [1.165, 1.54) is 8.27 Å². The molecule has 0 fully saturated rings. The van der Waals surface area contributed by atoms with Gasteiger partial charge in [-0.05, 0) is 0 Å². The Kier molecular flexibility index (Phi) is 1.59. The Balaban J connectivity index is 3.08. The maximum atomic E-state index is 5.03. The molecule has 46 valence electrons. The molecule has 0 saturated heterocycles. The van der Waals surface area contributed by atoms with Crippen LogP contribution < -0.4 is 0 Å². The molecule has 0 radical (unpaired) electrons. The van der Waals surface area contributed by atoms with Crippen LogP contribution in [0.1, 0.15) is 0 Å². The third-order valence-electron chi connectivity index (χ3n) is 0.965. The van der Waals surface area contributed by atoms with E-state index >= 15 is 0 Å². The summed E-state index contributed by atoms with van der Waals surface area (Å²) in [6, 6.07) is 2.19. The summed E-state index contributed by atoms with van der Waals surface area (Å²) < 4.78 is 3.99. The predicted molar refractivity (Wildman–Crippen MR) is 47.5 cm³/mol. The second-order valence-corrected chi connectivity index (χ2v) is 7.29.